The summed E-state index contributed by atoms with van der Waals surface area (Å²) in [5.41, 5.74) is 5.68. The molecule has 0 aromatic rings. The molecule has 136 valence electrons. The van der Waals surface area contributed by atoms with Gasteiger partial charge in [0.2, 0.25) is 0 Å². The summed E-state index contributed by atoms with van der Waals surface area (Å²) < 4.78 is 15.4. The highest BCUT2D eigenvalue weighted by molar-refractivity contribution is 4.95. The van der Waals surface area contributed by atoms with Crippen LogP contribution in [0.2, 0.25) is 0 Å². The standard InChI is InChI=1S/C12H23NO10/c13-5-10(7(17)4(2-15)21-11(5)20)23-12-9(19)8(18)6(16)3(1-14)22-12/h3-12,14-20H,1-2,13H2/t3?,4?,5-,6-,7+,8?,9-,10?,11?,12-/m0/s1. The van der Waals surface area contributed by atoms with Crippen LogP contribution in [-0.2, 0) is 14.2 Å². The molecule has 11 heteroatoms. The largest absolute Gasteiger partial charge is 0.394 e. The Balaban J connectivity index is 2.11. The van der Waals surface area contributed by atoms with Crippen molar-refractivity contribution in [1.29, 1.82) is 0 Å². The lowest BCUT2D eigenvalue weighted by molar-refractivity contribution is -0.340. The molecule has 2 heterocycles. The van der Waals surface area contributed by atoms with Gasteiger partial charge in [0.15, 0.2) is 12.6 Å². The van der Waals surface area contributed by atoms with Gasteiger partial charge in [-0.15, -0.1) is 0 Å². The second-order valence-electron chi connectivity index (χ2n) is 5.61. The van der Waals surface area contributed by atoms with E-state index in [1.54, 1.807) is 0 Å². The fraction of sp³-hybridized carbons (Fsp3) is 1.00. The van der Waals surface area contributed by atoms with Crippen molar-refractivity contribution in [3.8, 4) is 0 Å². The summed E-state index contributed by atoms with van der Waals surface area (Å²) in [5, 5.41) is 67.3. The molecule has 2 saturated heterocycles. The van der Waals surface area contributed by atoms with E-state index in [9.17, 15) is 25.5 Å². The van der Waals surface area contributed by atoms with Gasteiger partial charge in [0.1, 0.15) is 42.7 Å². The summed E-state index contributed by atoms with van der Waals surface area (Å²) in [6, 6.07) is -1.22. The number of hydrogen-bond acceptors (Lipinski definition) is 11. The van der Waals surface area contributed by atoms with Crippen molar-refractivity contribution in [3.05, 3.63) is 0 Å². The minimum Gasteiger partial charge on any atom is -0.394 e. The molecule has 0 aromatic heterocycles. The van der Waals surface area contributed by atoms with Crippen LogP contribution in [0.15, 0.2) is 0 Å². The van der Waals surface area contributed by atoms with Crippen molar-refractivity contribution < 1.29 is 50.0 Å². The molecule has 11 nitrogen and oxygen atoms in total. The van der Waals surface area contributed by atoms with Crippen LogP contribution in [0, 0.1) is 0 Å². The van der Waals surface area contributed by atoms with E-state index in [2.05, 4.69) is 0 Å². The first-order valence-electron chi connectivity index (χ1n) is 7.15. The topological polar surface area (TPSA) is 195 Å². The van der Waals surface area contributed by atoms with Crippen LogP contribution in [0.25, 0.3) is 0 Å². The Hall–Kier alpha value is -0.440. The summed E-state index contributed by atoms with van der Waals surface area (Å²) in [5.74, 6) is 0. The molecule has 2 rings (SSSR count). The third-order valence-electron chi connectivity index (χ3n) is 4.06. The summed E-state index contributed by atoms with van der Waals surface area (Å²) in [7, 11) is 0. The first-order valence-corrected chi connectivity index (χ1v) is 7.15. The van der Waals surface area contributed by atoms with Crippen molar-refractivity contribution in [3.63, 3.8) is 0 Å². The maximum atomic E-state index is 10.1. The Kier molecular flexibility index (Phi) is 6.27. The van der Waals surface area contributed by atoms with Crippen LogP contribution in [0.1, 0.15) is 0 Å². The van der Waals surface area contributed by atoms with E-state index < -0.39 is 74.6 Å². The van der Waals surface area contributed by atoms with Crippen LogP contribution in [0.3, 0.4) is 0 Å². The second-order valence-corrected chi connectivity index (χ2v) is 5.61. The highest BCUT2D eigenvalue weighted by Crippen LogP contribution is 2.27. The van der Waals surface area contributed by atoms with E-state index in [0.29, 0.717) is 0 Å². The SMILES string of the molecule is N[C@@H]1C(O)OC(CO)[C@@H](O)C1O[C@@H]1OC(CO)[C@H](O)C(O)[C@@H]1O. The smallest absolute Gasteiger partial charge is 0.187 e. The lowest BCUT2D eigenvalue weighted by atomic mass is 9.96. The molecule has 9 N–H and O–H groups in total. The minimum atomic E-state index is -1.68. The Labute approximate surface area is 131 Å². The van der Waals surface area contributed by atoms with Crippen molar-refractivity contribution in [2.75, 3.05) is 13.2 Å². The summed E-state index contributed by atoms with van der Waals surface area (Å²) in [4.78, 5) is 0. The van der Waals surface area contributed by atoms with E-state index >= 15 is 0 Å². The third-order valence-corrected chi connectivity index (χ3v) is 4.06. The van der Waals surface area contributed by atoms with E-state index in [4.69, 9.17) is 30.2 Å². The average molecular weight is 341 g/mol. The maximum absolute atomic E-state index is 10.1. The van der Waals surface area contributed by atoms with Crippen LogP contribution in [0.4, 0.5) is 0 Å². The van der Waals surface area contributed by atoms with E-state index in [1.165, 1.54) is 0 Å². The van der Waals surface area contributed by atoms with Crippen LogP contribution in [-0.4, -0.2) is 110 Å². The van der Waals surface area contributed by atoms with Gasteiger partial charge in [-0.1, -0.05) is 0 Å². The second kappa shape index (κ2) is 7.63. The molecule has 0 amide bonds. The summed E-state index contributed by atoms with van der Waals surface area (Å²) in [6.07, 6.45) is -13.0. The van der Waals surface area contributed by atoms with Gasteiger partial charge in [0.25, 0.3) is 0 Å². The van der Waals surface area contributed by atoms with E-state index in [0.717, 1.165) is 0 Å². The number of ether oxygens (including phenoxy) is 3. The summed E-state index contributed by atoms with van der Waals surface area (Å²) >= 11 is 0. The first-order chi connectivity index (χ1) is 10.8. The van der Waals surface area contributed by atoms with Gasteiger partial charge < -0.3 is 55.7 Å². The van der Waals surface area contributed by atoms with Crippen molar-refractivity contribution in [2.24, 2.45) is 5.73 Å². The zero-order valence-corrected chi connectivity index (χ0v) is 12.1. The number of aliphatic hydroxyl groups excluding tert-OH is 7. The van der Waals surface area contributed by atoms with Crippen molar-refractivity contribution in [1.82, 2.24) is 0 Å². The lowest BCUT2D eigenvalue weighted by Crippen LogP contribution is -2.66. The van der Waals surface area contributed by atoms with Crippen molar-refractivity contribution in [2.45, 2.75) is 61.3 Å². The first kappa shape index (κ1) is 18.9. The highest BCUT2D eigenvalue weighted by Gasteiger charge is 2.49. The molecule has 2 aliphatic heterocycles. The molecule has 23 heavy (non-hydrogen) atoms. The molecule has 0 aromatic carbocycles. The number of nitrogens with two attached hydrogens (primary N) is 1. The lowest BCUT2D eigenvalue weighted by Gasteiger charge is -2.45. The number of rotatable bonds is 4. The number of hydrogen-bond donors (Lipinski definition) is 8. The zero-order chi connectivity index (χ0) is 17.3. The van der Waals surface area contributed by atoms with Crippen LogP contribution < -0.4 is 5.73 Å². The van der Waals surface area contributed by atoms with Gasteiger partial charge in [-0.3, -0.25) is 0 Å². The molecule has 2 fully saturated rings. The Bertz CT molecular complexity index is 385. The quantitative estimate of drug-likeness (QED) is 0.243. The minimum absolute atomic E-state index is 0.612. The normalized spacial score (nSPS) is 51.7. The zero-order valence-electron chi connectivity index (χ0n) is 12.1. The van der Waals surface area contributed by atoms with E-state index in [-0.39, 0.29) is 0 Å². The van der Waals surface area contributed by atoms with Crippen LogP contribution in [0.5, 0.6) is 0 Å². The Morgan fingerprint density at radius 1 is 0.783 bits per heavy atom. The van der Waals surface area contributed by atoms with Gasteiger partial charge in [0.05, 0.1) is 19.3 Å². The molecule has 10 atom stereocenters. The van der Waals surface area contributed by atoms with Gasteiger partial charge >= 0.3 is 0 Å². The monoisotopic (exact) mass is 341 g/mol. The maximum Gasteiger partial charge on any atom is 0.187 e. The van der Waals surface area contributed by atoms with Crippen LogP contribution >= 0.6 is 0 Å². The summed E-state index contributed by atoms with van der Waals surface area (Å²) in [6.45, 7) is -1.26. The van der Waals surface area contributed by atoms with Gasteiger partial charge in [-0.05, 0) is 0 Å². The predicted octanol–water partition coefficient (Wildman–Crippen LogP) is -5.43. The molecular weight excluding hydrogens is 318 g/mol. The van der Waals surface area contributed by atoms with Gasteiger partial charge in [-0.2, -0.15) is 0 Å². The molecule has 0 aliphatic carbocycles. The van der Waals surface area contributed by atoms with Crippen molar-refractivity contribution >= 4 is 0 Å². The van der Waals surface area contributed by atoms with Gasteiger partial charge in [0, 0.05) is 0 Å². The van der Waals surface area contributed by atoms with E-state index in [1.807, 2.05) is 0 Å². The fourth-order valence-corrected chi connectivity index (χ4v) is 2.61. The average Bonchev–Trinajstić information content (AvgIpc) is 2.54. The molecule has 0 bridgehead atoms. The van der Waals surface area contributed by atoms with Gasteiger partial charge in [-0.25, -0.2) is 0 Å². The Morgan fingerprint density at radius 2 is 1.35 bits per heavy atom. The molecule has 5 unspecified atom stereocenters. The molecular formula is C12H23NO10. The third kappa shape index (κ3) is 3.65. The predicted molar refractivity (Wildman–Crippen MR) is 70.6 cm³/mol. The fourth-order valence-electron chi connectivity index (χ4n) is 2.61. The molecule has 0 saturated carbocycles. The molecule has 2 aliphatic rings. The molecule has 0 radical (unpaired) electrons. The highest BCUT2D eigenvalue weighted by atomic mass is 16.7. The number of aliphatic hydroxyl groups is 7. The Morgan fingerprint density at radius 3 is 1.91 bits per heavy atom. The molecule has 0 spiro atoms.